The van der Waals surface area contributed by atoms with E-state index in [9.17, 15) is 27.2 Å². The lowest BCUT2D eigenvalue weighted by molar-refractivity contribution is -0.165. The first-order valence-corrected chi connectivity index (χ1v) is 14.2. The Labute approximate surface area is 241 Å². The molecule has 12 heteroatoms. The third kappa shape index (κ3) is 6.81. The molecule has 0 unspecified atom stereocenters. The van der Waals surface area contributed by atoms with Crippen LogP contribution in [0, 0.1) is 11.7 Å². The van der Waals surface area contributed by atoms with Crippen molar-refractivity contribution in [2.45, 2.75) is 63.0 Å². The predicted molar refractivity (Wildman–Crippen MR) is 146 cm³/mol. The smallest absolute Gasteiger partial charge is 0.416 e. The molecule has 0 bridgehead atoms. The number of anilines is 1. The normalized spacial score (nSPS) is 25.2. The lowest BCUT2D eigenvalue weighted by Crippen LogP contribution is -2.60. The number of hydrogen-bond acceptors (Lipinski definition) is 6. The maximum absolute atomic E-state index is 13.5. The predicted octanol–water partition coefficient (Wildman–Crippen LogP) is 4.46. The summed E-state index contributed by atoms with van der Waals surface area (Å²) in [5.74, 6) is -2.10. The van der Waals surface area contributed by atoms with Gasteiger partial charge in [0.2, 0.25) is 0 Å². The molecule has 8 nitrogen and oxygen atoms in total. The van der Waals surface area contributed by atoms with Crippen molar-refractivity contribution in [3.8, 4) is 5.75 Å². The summed E-state index contributed by atoms with van der Waals surface area (Å²) in [6.45, 7) is 3.93. The fraction of sp³-hybridized carbons (Fsp3) is 0.533. The minimum atomic E-state index is -4.67. The summed E-state index contributed by atoms with van der Waals surface area (Å²) in [6.07, 6.45) is -1.70. The highest BCUT2D eigenvalue weighted by molar-refractivity contribution is 5.86. The summed E-state index contributed by atoms with van der Waals surface area (Å²) in [6, 6.07) is 9.81. The largest absolute Gasteiger partial charge is 0.482 e. The Morgan fingerprint density at radius 3 is 2.45 bits per heavy atom. The number of ether oxygens (including phenoxy) is 2. The first-order chi connectivity index (χ1) is 19.9. The Bertz CT molecular complexity index is 1280. The Balaban J connectivity index is 1.20. The Morgan fingerprint density at radius 1 is 1.12 bits per heavy atom. The first kappa shape index (κ1) is 30.1. The monoisotopic (exact) mass is 593 g/mol. The van der Waals surface area contributed by atoms with Crippen LogP contribution >= 0.6 is 0 Å². The number of alkyl halides is 3. The number of carbonyl (C=O) groups is 2. The zero-order valence-electron chi connectivity index (χ0n) is 23.3. The van der Waals surface area contributed by atoms with Gasteiger partial charge in [-0.05, 0) is 86.6 Å². The van der Waals surface area contributed by atoms with E-state index in [-0.39, 0.29) is 47.6 Å². The van der Waals surface area contributed by atoms with Gasteiger partial charge < -0.3 is 24.8 Å². The molecule has 2 aromatic rings. The average molecular weight is 594 g/mol. The molecule has 1 aliphatic carbocycles. The zero-order valence-corrected chi connectivity index (χ0v) is 23.3. The molecule has 0 radical (unpaired) electrons. The highest BCUT2D eigenvalue weighted by Crippen LogP contribution is 2.47. The molecule has 5 rings (SSSR count). The molecule has 2 N–H and O–H groups in total. The van der Waals surface area contributed by atoms with Gasteiger partial charge in [0.05, 0.1) is 12.2 Å². The van der Waals surface area contributed by atoms with Gasteiger partial charge in [-0.25, -0.2) is 9.18 Å². The van der Waals surface area contributed by atoms with E-state index in [4.69, 9.17) is 14.6 Å². The molecule has 42 heavy (non-hydrogen) atoms. The van der Waals surface area contributed by atoms with E-state index in [1.165, 1.54) is 18.2 Å². The lowest BCUT2D eigenvalue weighted by atomic mass is 9.85. The maximum atomic E-state index is 13.5. The second-order valence-electron chi connectivity index (χ2n) is 11.4. The summed E-state index contributed by atoms with van der Waals surface area (Å²) < 4.78 is 65.1. The summed E-state index contributed by atoms with van der Waals surface area (Å²) in [5.41, 5.74) is -0.889. The van der Waals surface area contributed by atoms with Gasteiger partial charge in [-0.15, -0.1) is 0 Å². The first-order valence-electron chi connectivity index (χ1n) is 14.2. The van der Waals surface area contributed by atoms with Crippen LogP contribution in [0.2, 0.25) is 0 Å². The number of carboxylic acid groups (broad SMARTS) is 1. The summed E-state index contributed by atoms with van der Waals surface area (Å²) >= 11 is 0. The molecule has 1 saturated carbocycles. The number of rotatable bonds is 9. The number of carboxylic acids is 1. The van der Waals surface area contributed by atoms with Crippen LogP contribution in [0.5, 0.6) is 5.75 Å². The molecule has 3 fully saturated rings. The summed E-state index contributed by atoms with van der Waals surface area (Å²) in [4.78, 5) is 29.0. The fourth-order valence-electron chi connectivity index (χ4n) is 6.13. The van der Waals surface area contributed by atoms with E-state index >= 15 is 0 Å². The highest BCUT2D eigenvalue weighted by Gasteiger charge is 2.54. The third-order valence-corrected chi connectivity index (χ3v) is 8.45. The number of benzene rings is 2. The zero-order chi connectivity index (χ0) is 30.1. The van der Waals surface area contributed by atoms with Crippen molar-refractivity contribution < 1.29 is 41.7 Å². The molecule has 2 aromatic carbocycles. The van der Waals surface area contributed by atoms with Crippen LogP contribution in [0.15, 0.2) is 42.5 Å². The van der Waals surface area contributed by atoms with E-state index in [0.29, 0.717) is 13.0 Å². The molecule has 3 atom stereocenters. The molecule has 2 saturated heterocycles. The molecule has 2 heterocycles. The molecule has 0 aromatic heterocycles. The van der Waals surface area contributed by atoms with Crippen LogP contribution in [0.4, 0.5) is 23.2 Å². The number of nitrogens with zero attached hydrogens (tertiary/aromatic N) is 2. The number of halogens is 4. The molecule has 1 amide bonds. The van der Waals surface area contributed by atoms with E-state index in [1.807, 2.05) is 0 Å². The second kappa shape index (κ2) is 12.1. The van der Waals surface area contributed by atoms with Gasteiger partial charge in [-0.3, -0.25) is 9.69 Å². The molecule has 228 valence electrons. The van der Waals surface area contributed by atoms with Crippen LogP contribution in [-0.4, -0.2) is 72.4 Å². The Hall–Kier alpha value is -3.38. The van der Waals surface area contributed by atoms with Crippen molar-refractivity contribution in [2.75, 3.05) is 37.7 Å². The number of piperazine rings is 1. The summed E-state index contributed by atoms with van der Waals surface area (Å²) in [5, 5.41) is 11.6. The van der Waals surface area contributed by atoms with Gasteiger partial charge >= 0.3 is 12.1 Å². The topological polar surface area (TPSA) is 91.3 Å². The second-order valence-corrected chi connectivity index (χ2v) is 11.4. The molecule has 0 spiro atoms. The van der Waals surface area contributed by atoms with Gasteiger partial charge in [0.25, 0.3) is 5.91 Å². The van der Waals surface area contributed by atoms with E-state index < -0.39 is 29.9 Å². The molecular formula is C30H35F4N3O5. The number of nitrogens with one attached hydrogen (secondary N) is 1. The van der Waals surface area contributed by atoms with Gasteiger partial charge in [-0.2, -0.15) is 13.2 Å². The SMILES string of the molecule is C[C@H]1CN([C@@H]2CC[C@@](C(=O)NCc3cc(OCC(=O)O)cc(C(F)(F)F)c3)(C3CC3)OC2)CCN1c1ccc(F)cc1. The van der Waals surface area contributed by atoms with Crippen LogP contribution in [0.25, 0.3) is 0 Å². The minimum absolute atomic E-state index is 0.0590. The quantitative estimate of drug-likeness (QED) is 0.415. The van der Waals surface area contributed by atoms with Gasteiger partial charge in [0.15, 0.2) is 6.61 Å². The molecular weight excluding hydrogens is 558 g/mol. The Kier molecular flexibility index (Phi) is 8.66. The van der Waals surface area contributed by atoms with Crippen LogP contribution in [-0.2, 0) is 27.0 Å². The lowest BCUT2D eigenvalue weighted by Gasteiger charge is -2.48. The molecule has 3 aliphatic rings. The highest BCUT2D eigenvalue weighted by atomic mass is 19.4. The summed E-state index contributed by atoms with van der Waals surface area (Å²) in [7, 11) is 0. The molecule has 2 aliphatic heterocycles. The van der Waals surface area contributed by atoms with Crippen molar-refractivity contribution in [3.05, 3.63) is 59.4 Å². The van der Waals surface area contributed by atoms with Crippen molar-refractivity contribution in [3.63, 3.8) is 0 Å². The van der Waals surface area contributed by atoms with Crippen LogP contribution in [0.3, 0.4) is 0 Å². The van der Waals surface area contributed by atoms with Crippen molar-refractivity contribution >= 4 is 17.6 Å². The van der Waals surface area contributed by atoms with Crippen molar-refractivity contribution in [1.29, 1.82) is 0 Å². The van der Waals surface area contributed by atoms with Gasteiger partial charge in [0, 0.05) is 44.0 Å². The number of carbonyl (C=O) groups excluding carboxylic acids is 1. The third-order valence-electron chi connectivity index (χ3n) is 8.45. The van der Waals surface area contributed by atoms with Crippen LogP contribution in [0.1, 0.15) is 43.7 Å². The standard InChI is InChI=1S/C30H35F4N3O5/c1-19-16-36(10-11-37(19)24-6-4-23(31)5-7-24)25-8-9-29(42-17-25,21-2-3-21)28(40)35-15-20-12-22(30(32,33)34)14-26(13-20)41-18-27(38)39/h4-7,12-14,19,21,25H,2-3,8-11,15-18H2,1H3,(H,35,40)(H,38,39)/t19-,25+,29-/m0/s1. The fourth-order valence-corrected chi connectivity index (χ4v) is 6.13. The Morgan fingerprint density at radius 2 is 1.86 bits per heavy atom. The van der Waals surface area contributed by atoms with Crippen molar-refractivity contribution in [1.82, 2.24) is 10.2 Å². The van der Waals surface area contributed by atoms with E-state index in [0.717, 1.165) is 56.7 Å². The van der Waals surface area contributed by atoms with Crippen LogP contribution < -0.4 is 15.0 Å². The average Bonchev–Trinajstić information content (AvgIpc) is 3.81. The number of amides is 1. The van der Waals surface area contributed by atoms with E-state index in [1.54, 1.807) is 12.1 Å². The van der Waals surface area contributed by atoms with Gasteiger partial charge in [-0.1, -0.05) is 0 Å². The van der Waals surface area contributed by atoms with Gasteiger partial charge in [0.1, 0.15) is 17.2 Å². The van der Waals surface area contributed by atoms with E-state index in [2.05, 4.69) is 22.0 Å². The maximum Gasteiger partial charge on any atom is 0.416 e. The van der Waals surface area contributed by atoms with Crippen molar-refractivity contribution in [2.24, 2.45) is 5.92 Å². The minimum Gasteiger partial charge on any atom is -0.482 e. The number of aliphatic carboxylic acids is 1. The number of hydrogen-bond donors (Lipinski definition) is 2.